The van der Waals surface area contributed by atoms with Gasteiger partial charge < -0.3 is 15.2 Å². The Labute approximate surface area is 106 Å². The Morgan fingerprint density at radius 2 is 1.89 bits per heavy atom. The molecule has 0 spiro atoms. The lowest BCUT2D eigenvalue weighted by Gasteiger charge is -2.11. The zero-order chi connectivity index (χ0) is 12.8. The normalized spacial score (nSPS) is 10.1. The largest absolute Gasteiger partial charge is 0.493 e. The Balaban J connectivity index is 2.28. The summed E-state index contributed by atoms with van der Waals surface area (Å²) in [5.41, 5.74) is 6.56. The molecule has 0 aliphatic carbocycles. The minimum atomic E-state index is 0.563. The van der Waals surface area contributed by atoms with Crippen molar-refractivity contribution in [2.24, 2.45) is 5.73 Å². The van der Waals surface area contributed by atoms with Crippen molar-refractivity contribution in [3.8, 4) is 17.4 Å². The zero-order valence-corrected chi connectivity index (χ0v) is 10.3. The molecule has 1 aromatic carbocycles. The summed E-state index contributed by atoms with van der Waals surface area (Å²) in [6, 6.07) is 11.3. The third-order valence-corrected chi connectivity index (χ3v) is 2.54. The molecule has 2 N–H and O–H groups in total. The van der Waals surface area contributed by atoms with Gasteiger partial charge in [0.2, 0.25) is 5.88 Å². The molecule has 2 rings (SSSR count). The van der Waals surface area contributed by atoms with Crippen LogP contribution in [-0.4, -0.2) is 18.6 Å². The van der Waals surface area contributed by atoms with Crippen molar-refractivity contribution in [3.63, 3.8) is 0 Å². The van der Waals surface area contributed by atoms with Crippen LogP contribution in [0.15, 0.2) is 42.6 Å². The summed E-state index contributed by atoms with van der Waals surface area (Å²) < 4.78 is 11.0. The number of nitrogens with zero attached hydrogens (tertiary/aromatic N) is 1. The van der Waals surface area contributed by atoms with Crippen LogP contribution in [0.3, 0.4) is 0 Å². The third-order valence-electron chi connectivity index (χ3n) is 2.54. The van der Waals surface area contributed by atoms with Crippen LogP contribution in [0.25, 0.3) is 0 Å². The molecule has 0 atom stereocenters. The molecule has 0 aliphatic rings. The highest BCUT2D eigenvalue weighted by Crippen LogP contribution is 2.31. The summed E-state index contributed by atoms with van der Waals surface area (Å²) in [7, 11) is 1.61. The first kappa shape index (κ1) is 12.4. The lowest BCUT2D eigenvalue weighted by Crippen LogP contribution is -2.05. The second kappa shape index (κ2) is 6.02. The van der Waals surface area contributed by atoms with Crippen LogP contribution in [-0.2, 0) is 6.42 Å². The smallest absolute Gasteiger partial charge is 0.222 e. The molecular formula is C14H16N2O2. The van der Waals surface area contributed by atoms with E-state index in [2.05, 4.69) is 4.98 Å². The molecule has 18 heavy (non-hydrogen) atoms. The van der Waals surface area contributed by atoms with Gasteiger partial charge in [-0.2, -0.15) is 0 Å². The quantitative estimate of drug-likeness (QED) is 0.877. The number of para-hydroxylation sites is 2. The van der Waals surface area contributed by atoms with Crippen molar-refractivity contribution in [1.29, 1.82) is 0 Å². The van der Waals surface area contributed by atoms with Crippen LogP contribution >= 0.6 is 0 Å². The first-order valence-electron chi connectivity index (χ1n) is 5.80. The molecule has 0 saturated heterocycles. The number of benzene rings is 1. The Hall–Kier alpha value is -2.07. The van der Waals surface area contributed by atoms with Crippen molar-refractivity contribution in [1.82, 2.24) is 4.98 Å². The van der Waals surface area contributed by atoms with Gasteiger partial charge in [0.25, 0.3) is 0 Å². The fraction of sp³-hybridized carbons (Fsp3) is 0.214. The van der Waals surface area contributed by atoms with Crippen molar-refractivity contribution in [2.75, 3.05) is 13.7 Å². The van der Waals surface area contributed by atoms with Crippen molar-refractivity contribution in [3.05, 3.63) is 48.2 Å². The molecule has 0 fully saturated rings. The van der Waals surface area contributed by atoms with Crippen LogP contribution in [0, 0.1) is 0 Å². The summed E-state index contributed by atoms with van der Waals surface area (Å²) in [6.07, 6.45) is 2.43. The van der Waals surface area contributed by atoms with Gasteiger partial charge in [-0.15, -0.1) is 0 Å². The van der Waals surface area contributed by atoms with Gasteiger partial charge in [0.05, 0.1) is 7.11 Å². The molecule has 4 heteroatoms. The van der Waals surface area contributed by atoms with Gasteiger partial charge in [-0.3, -0.25) is 0 Å². The van der Waals surface area contributed by atoms with Gasteiger partial charge in [-0.1, -0.05) is 18.2 Å². The van der Waals surface area contributed by atoms with E-state index in [1.165, 1.54) is 0 Å². The number of nitrogens with two attached hydrogens (primary N) is 1. The van der Waals surface area contributed by atoms with Crippen LogP contribution in [0.4, 0.5) is 0 Å². The van der Waals surface area contributed by atoms with Gasteiger partial charge in [0.1, 0.15) is 0 Å². The molecule has 0 amide bonds. The first-order valence-corrected chi connectivity index (χ1v) is 5.80. The number of hydrogen-bond donors (Lipinski definition) is 1. The average molecular weight is 244 g/mol. The Morgan fingerprint density at radius 1 is 1.11 bits per heavy atom. The number of ether oxygens (including phenoxy) is 2. The van der Waals surface area contributed by atoms with Crippen molar-refractivity contribution < 1.29 is 9.47 Å². The predicted molar refractivity (Wildman–Crippen MR) is 70.1 cm³/mol. The molecule has 94 valence electrons. The van der Waals surface area contributed by atoms with Crippen LogP contribution < -0.4 is 15.2 Å². The fourth-order valence-corrected chi connectivity index (χ4v) is 1.67. The highest BCUT2D eigenvalue weighted by atomic mass is 16.5. The average Bonchev–Trinajstić information content (AvgIpc) is 2.42. The van der Waals surface area contributed by atoms with Gasteiger partial charge in [-0.25, -0.2) is 4.98 Å². The molecule has 0 aliphatic heterocycles. The predicted octanol–water partition coefficient (Wildman–Crippen LogP) is 2.38. The summed E-state index contributed by atoms with van der Waals surface area (Å²) >= 11 is 0. The van der Waals surface area contributed by atoms with E-state index in [1.54, 1.807) is 13.3 Å². The lowest BCUT2D eigenvalue weighted by molar-refractivity contribution is 0.372. The molecule has 0 bridgehead atoms. The van der Waals surface area contributed by atoms with Gasteiger partial charge >= 0.3 is 0 Å². The van der Waals surface area contributed by atoms with Crippen LogP contribution in [0.5, 0.6) is 17.4 Å². The lowest BCUT2D eigenvalue weighted by atomic mass is 10.2. The van der Waals surface area contributed by atoms with Crippen molar-refractivity contribution >= 4 is 0 Å². The summed E-state index contributed by atoms with van der Waals surface area (Å²) in [5, 5.41) is 0. The Morgan fingerprint density at radius 3 is 2.61 bits per heavy atom. The first-order chi connectivity index (χ1) is 8.85. The minimum Gasteiger partial charge on any atom is -0.493 e. The number of pyridine rings is 1. The maximum Gasteiger partial charge on any atom is 0.222 e. The van der Waals surface area contributed by atoms with Crippen molar-refractivity contribution in [2.45, 2.75) is 6.42 Å². The standard InChI is InChI=1S/C14H16N2O2/c1-17-12-6-2-3-7-13(12)18-14-11(8-9-15)5-4-10-16-14/h2-7,10H,8-9,15H2,1H3. The van der Waals surface area contributed by atoms with E-state index in [0.717, 1.165) is 12.0 Å². The van der Waals surface area contributed by atoms with E-state index in [4.69, 9.17) is 15.2 Å². The molecule has 4 nitrogen and oxygen atoms in total. The van der Waals surface area contributed by atoms with Gasteiger partial charge in [-0.05, 0) is 31.2 Å². The molecule has 0 saturated carbocycles. The second-order valence-electron chi connectivity index (χ2n) is 3.76. The number of rotatable bonds is 5. The van der Waals surface area contributed by atoms with Crippen LogP contribution in [0.2, 0.25) is 0 Å². The maximum absolute atomic E-state index is 5.79. The Kier molecular flexibility index (Phi) is 4.15. The summed E-state index contributed by atoms with van der Waals surface area (Å²) in [4.78, 5) is 4.23. The van der Waals surface area contributed by atoms with Crippen LogP contribution in [0.1, 0.15) is 5.56 Å². The van der Waals surface area contributed by atoms with E-state index in [0.29, 0.717) is 23.9 Å². The van der Waals surface area contributed by atoms with E-state index in [-0.39, 0.29) is 0 Å². The minimum absolute atomic E-state index is 0.563. The van der Waals surface area contributed by atoms with E-state index < -0.39 is 0 Å². The summed E-state index contributed by atoms with van der Waals surface area (Å²) in [5.74, 6) is 1.91. The van der Waals surface area contributed by atoms with E-state index in [9.17, 15) is 0 Å². The zero-order valence-electron chi connectivity index (χ0n) is 10.3. The number of aromatic nitrogens is 1. The van der Waals surface area contributed by atoms with E-state index >= 15 is 0 Å². The topological polar surface area (TPSA) is 57.4 Å². The fourth-order valence-electron chi connectivity index (χ4n) is 1.67. The SMILES string of the molecule is COc1ccccc1Oc1ncccc1CCN. The highest BCUT2D eigenvalue weighted by molar-refractivity contribution is 5.42. The second-order valence-corrected chi connectivity index (χ2v) is 3.76. The highest BCUT2D eigenvalue weighted by Gasteiger charge is 2.08. The van der Waals surface area contributed by atoms with E-state index in [1.807, 2.05) is 36.4 Å². The van der Waals surface area contributed by atoms with Gasteiger partial charge in [0.15, 0.2) is 11.5 Å². The monoisotopic (exact) mass is 244 g/mol. The molecular weight excluding hydrogens is 228 g/mol. The Bertz CT molecular complexity index is 515. The number of hydrogen-bond acceptors (Lipinski definition) is 4. The maximum atomic E-state index is 5.79. The summed E-state index contributed by atoms with van der Waals surface area (Å²) in [6.45, 7) is 0.563. The molecule has 1 heterocycles. The van der Waals surface area contributed by atoms with Gasteiger partial charge in [0, 0.05) is 11.8 Å². The molecule has 0 unspecified atom stereocenters. The molecule has 1 aromatic heterocycles. The number of methoxy groups -OCH3 is 1. The third kappa shape index (κ3) is 2.78. The molecule has 0 radical (unpaired) electrons. The molecule has 2 aromatic rings.